The molecule has 0 aliphatic rings. The molecule has 0 fully saturated rings. The minimum absolute atomic E-state index is 0.188. The lowest BCUT2D eigenvalue weighted by atomic mass is 10.1. The molecule has 0 atom stereocenters. The molecule has 0 saturated carbocycles. The van der Waals surface area contributed by atoms with E-state index >= 15 is 0 Å². The summed E-state index contributed by atoms with van der Waals surface area (Å²) >= 11 is 0. The minimum Gasteiger partial charge on any atom is -0.469 e. The van der Waals surface area contributed by atoms with Gasteiger partial charge in [0.1, 0.15) is 0 Å². The Morgan fingerprint density at radius 2 is 2.11 bits per heavy atom. The van der Waals surface area contributed by atoms with Crippen LogP contribution in [0, 0.1) is 6.92 Å². The smallest absolute Gasteiger partial charge is 0.305 e. The Bertz CT molecular complexity index is 444. The molecule has 0 aromatic heterocycles. The molecule has 1 aromatic rings. The quantitative estimate of drug-likeness (QED) is 0.468. The lowest BCUT2D eigenvalue weighted by Crippen LogP contribution is -2.25. The predicted octanol–water partition coefficient (Wildman–Crippen LogP) is 1.26. The second kappa shape index (κ2) is 6.64. The van der Waals surface area contributed by atoms with E-state index in [1.807, 2.05) is 6.92 Å². The number of methoxy groups -OCH3 is 1. The van der Waals surface area contributed by atoms with Crippen LogP contribution in [-0.2, 0) is 9.53 Å². The number of hydrogen-bond donors (Lipinski definition) is 2. The number of hydrogen-bond acceptors (Lipinski definition) is 4. The van der Waals surface area contributed by atoms with E-state index in [-0.39, 0.29) is 11.9 Å². The van der Waals surface area contributed by atoms with Gasteiger partial charge in [-0.05, 0) is 31.0 Å². The molecule has 0 unspecified atom stereocenters. The molecule has 1 rings (SSSR count). The highest BCUT2D eigenvalue weighted by Crippen LogP contribution is 2.12. The summed E-state index contributed by atoms with van der Waals surface area (Å²) in [6.45, 7) is 2.31. The lowest BCUT2D eigenvalue weighted by Gasteiger charge is -2.06. The second-order valence-electron chi connectivity index (χ2n) is 4.01. The molecular weight excluding hydrogens is 232 g/mol. The van der Waals surface area contributed by atoms with Crippen LogP contribution >= 0.6 is 0 Å². The summed E-state index contributed by atoms with van der Waals surface area (Å²) in [6.07, 6.45) is 0.854. The van der Waals surface area contributed by atoms with Crippen LogP contribution in [0.1, 0.15) is 28.8 Å². The van der Waals surface area contributed by atoms with Crippen molar-refractivity contribution in [2.45, 2.75) is 19.8 Å². The van der Waals surface area contributed by atoms with Gasteiger partial charge in [0, 0.05) is 24.2 Å². The third-order valence-electron chi connectivity index (χ3n) is 2.61. The Balaban J connectivity index is 2.41. The molecule has 0 bridgehead atoms. The maximum atomic E-state index is 11.7. The van der Waals surface area contributed by atoms with Gasteiger partial charge in [0.05, 0.1) is 7.11 Å². The van der Waals surface area contributed by atoms with Gasteiger partial charge in [-0.2, -0.15) is 0 Å². The fourth-order valence-corrected chi connectivity index (χ4v) is 1.42. The molecule has 0 heterocycles. The molecule has 0 spiro atoms. The number of ether oxygens (including phenoxy) is 1. The minimum atomic E-state index is -0.274. The number of aryl methyl sites for hydroxylation is 1. The Morgan fingerprint density at radius 1 is 1.39 bits per heavy atom. The second-order valence-corrected chi connectivity index (χ2v) is 4.01. The summed E-state index contributed by atoms with van der Waals surface area (Å²) in [6, 6.07) is 5.17. The molecule has 1 amide bonds. The SMILES string of the molecule is COC(=O)CCCNC(=O)c1ccc(C)c(N)c1. The van der Waals surface area contributed by atoms with Crippen LogP contribution < -0.4 is 11.1 Å². The maximum Gasteiger partial charge on any atom is 0.305 e. The number of carbonyl (C=O) groups is 2. The number of benzene rings is 1. The number of nitrogens with one attached hydrogen (secondary N) is 1. The molecule has 1 aromatic carbocycles. The average molecular weight is 250 g/mol. The number of nitrogen functional groups attached to an aromatic ring is 1. The van der Waals surface area contributed by atoms with Crippen LogP contribution in [0.15, 0.2) is 18.2 Å². The fourth-order valence-electron chi connectivity index (χ4n) is 1.42. The predicted molar refractivity (Wildman–Crippen MR) is 69.2 cm³/mol. The van der Waals surface area contributed by atoms with Gasteiger partial charge >= 0.3 is 5.97 Å². The summed E-state index contributed by atoms with van der Waals surface area (Å²) in [5, 5.41) is 2.72. The molecule has 0 aliphatic carbocycles. The van der Waals surface area contributed by atoms with E-state index in [4.69, 9.17) is 5.73 Å². The first-order valence-corrected chi connectivity index (χ1v) is 5.75. The van der Waals surface area contributed by atoms with Crippen molar-refractivity contribution in [2.24, 2.45) is 0 Å². The highest BCUT2D eigenvalue weighted by atomic mass is 16.5. The van der Waals surface area contributed by atoms with Crippen molar-refractivity contribution in [2.75, 3.05) is 19.4 Å². The van der Waals surface area contributed by atoms with Crippen molar-refractivity contribution in [1.82, 2.24) is 5.32 Å². The summed E-state index contributed by atoms with van der Waals surface area (Å²) in [7, 11) is 1.34. The van der Waals surface area contributed by atoms with Crippen molar-refractivity contribution in [3.8, 4) is 0 Å². The topological polar surface area (TPSA) is 81.4 Å². The van der Waals surface area contributed by atoms with Crippen molar-refractivity contribution < 1.29 is 14.3 Å². The van der Waals surface area contributed by atoms with E-state index in [1.54, 1.807) is 18.2 Å². The first-order chi connectivity index (χ1) is 8.54. The molecule has 5 nitrogen and oxygen atoms in total. The summed E-state index contributed by atoms with van der Waals surface area (Å²) in [4.78, 5) is 22.6. The van der Waals surface area contributed by atoms with Gasteiger partial charge in [-0.1, -0.05) is 6.07 Å². The Morgan fingerprint density at radius 3 is 2.72 bits per heavy atom. The van der Waals surface area contributed by atoms with E-state index in [1.165, 1.54) is 7.11 Å². The maximum absolute atomic E-state index is 11.7. The molecule has 0 saturated heterocycles. The van der Waals surface area contributed by atoms with Gasteiger partial charge in [0.15, 0.2) is 0 Å². The number of amides is 1. The van der Waals surface area contributed by atoms with Crippen LogP contribution in [0.5, 0.6) is 0 Å². The molecule has 0 aliphatic heterocycles. The van der Waals surface area contributed by atoms with Crippen LogP contribution in [0.3, 0.4) is 0 Å². The summed E-state index contributed by atoms with van der Waals surface area (Å²) in [5.74, 6) is -0.463. The third kappa shape index (κ3) is 4.08. The van der Waals surface area contributed by atoms with Crippen molar-refractivity contribution in [1.29, 1.82) is 0 Å². The van der Waals surface area contributed by atoms with Crippen molar-refractivity contribution in [3.63, 3.8) is 0 Å². The highest BCUT2D eigenvalue weighted by molar-refractivity contribution is 5.95. The Hall–Kier alpha value is -2.04. The first-order valence-electron chi connectivity index (χ1n) is 5.75. The first kappa shape index (κ1) is 14.0. The molecule has 18 heavy (non-hydrogen) atoms. The van der Waals surface area contributed by atoms with Gasteiger partial charge in [-0.15, -0.1) is 0 Å². The molecule has 3 N–H and O–H groups in total. The van der Waals surface area contributed by atoms with E-state index in [0.29, 0.717) is 30.6 Å². The molecule has 5 heteroatoms. The number of rotatable bonds is 5. The van der Waals surface area contributed by atoms with Crippen LogP contribution in [0.25, 0.3) is 0 Å². The average Bonchev–Trinajstić information content (AvgIpc) is 2.37. The van der Waals surface area contributed by atoms with E-state index in [0.717, 1.165) is 5.56 Å². The highest BCUT2D eigenvalue weighted by Gasteiger charge is 2.06. The van der Waals surface area contributed by atoms with Crippen LogP contribution in [0.2, 0.25) is 0 Å². The van der Waals surface area contributed by atoms with Gasteiger partial charge in [0.25, 0.3) is 5.91 Å². The standard InChI is InChI=1S/C13H18N2O3/c1-9-5-6-10(8-11(9)14)13(17)15-7-3-4-12(16)18-2/h5-6,8H,3-4,7,14H2,1-2H3,(H,15,17). The zero-order valence-corrected chi connectivity index (χ0v) is 10.7. The number of carbonyl (C=O) groups excluding carboxylic acids is 2. The number of anilines is 1. The van der Waals surface area contributed by atoms with Gasteiger partial charge in [0.2, 0.25) is 0 Å². The van der Waals surface area contributed by atoms with E-state index < -0.39 is 0 Å². The van der Waals surface area contributed by atoms with Crippen LogP contribution in [-0.4, -0.2) is 25.5 Å². The van der Waals surface area contributed by atoms with Crippen molar-refractivity contribution in [3.05, 3.63) is 29.3 Å². The summed E-state index contributed by atoms with van der Waals surface area (Å²) < 4.78 is 4.50. The normalized spacial score (nSPS) is 9.89. The monoisotopic (exact) mass is 250 g/mol. The largest absolute Gasteiger partial charge is 0.469 e. The third-order valence-corrected chi connectivity index (χ3v) is 2.61. The Labute approximate surface area is 106 Å². The lowest BCUT2D eigenvalue weighted by molar-refractivity contribution is -0.140. The van der Waals surface area contributed by atoms with Gasteiger partial charge < -0.3 is 15.8 Å². The zero-order chi connectivity index (χ0) is 13.5. The fraction of sp³-hybridized carbons (Fsp3) is 0.385. The van der Waals surface area contributed by atoms with Crippen molar-refractivity contribution >= 4 is 17.6 Å². The summed E-state index contributed by atoms with van der Waals surface area (Å²) in [5.41, 5.74) is 7.79. The molecule has 0 radical (unpaired) electrons. The van der Waals surface area contributed by atoms with E-state index in [2.05, 4.69) is 10.1 Å². The van der Waals surface area contributed by atoms with E-state index in [9.17, 15) is 9.59 Å². The molecule has 98 valence electrons. The van der Waals surface area contributed by atoms with Gasteiger partial charge in [-0.25, -0.2) is 0 Å². The zero-order valence-electron chi connectivity index (χ0n) is 10.7. The Kier molecular flexibility index (Phi) is 5.17. The number of esters is 1. The molecular formula is C13H18N2O3. The number of nitrogens with two attached hydrogens (primary N) is 1. The van der Waals surface area contributed by atoms with Gasteiger partial charge in [-0.3, -0.25) is 9.59 Å². The van der Waals surface area contributed by atoms with Crippen LogP contribution in [0.4, 0.5) is 5.69 Å².